The molecule has 1 aromatic carbocycles. The van der Waals surface area contributed by atoms with Gasteiger partial charge in [0.05, 0.1) is 6.61 Å². The lowest BCUT2D eigenvalue weighted by molar-refractivity contribution is -0.140. The first kappa shape index (κ1) is 18.6. The molecule has 0 N–H and O–H groups in total. The summed E-state index contributed by atoms with van der Waals surface area (Å²) in [7, 11) is 0. The number of carbonyl (C=O) groups excluding carboxylic acids is 1. The Morgan fingerprint density at radius 1 is 0.963 bits per heavy atom. The van der Waals surface area contributed by atoms with Gasteiger partial charge >= 0.3 is 5.97 Å². The van der Waals surface area contributed by atoms with Crippen molar-refractivity contribution in [3.63, 3.8) is 0 Å². The third-order valence-electron chi connectivity index (χ3n) is 4.12. The quantitative estimate of drug-likeness (QED) is 0.575. The van der Waals surface area contributed by atoms with Gasteiger partial charge in [0.25, 0.3) is 0 Å². The molecule has 5 heteroatoms. The first-order chi connectivity index (χ1) is 13.2. The second-order valence-corrected chi connectivity index (χ2v) is 6.04. The minimum absolute atomic E-state index is 0.264. The highest BCUT2D eigenvalue weighted by Crippen LogP contribution is 2.32. The number of aromatic nitrogens is 2. The lowest BCUT2D eigenvalue weighted by Crippen LogP contribution is -2.03. The maximum absolute atomic E-state index is 10.8. The summed E-state index contributed by atoms with van der Waals surface area (Å²) in [5.74, 6) is 0.987. The van der Waals surface area contributed by atoms with E-state index in [1.807, 2.05) is 48.5 Å². The highest BCUT2D eigenvalue weighted by Gasteiger charge is 2.12. The maximum atomic E-state index is 10.8. The fourth-order valence-corrected chi connectivity index (χ4v) is 2.79. The number of ether oxygens (including phenoxy) is 2. The third-order valence-corrected chi connectivity index (χ3v) is 4.12. The normalized spacial score (nSPS) is 10.4. The fourth-order valence-electron chi connectivity index (χ4n) is 2.79. The van der Waals surface area contributed by atoms with Crippen LogP contribution >= 0.6 is 0 Å². The minimum Gasteiger partial charge on any atom is -0.466 e. The highest BCUT2D eigenvalue weighted by molar-refractivity contribution is 5.70. The lowest BCUT2D eigenvalue weighted by Gasteiger charge is -2.12. The molecular formula is C22H22N2O3. The summed E-state index contributed by atoms with van der Waals surface area (Å²) in [6.45, 7) is 3.87. The molecule has 0 saturated carbocycles. The highest BCUT2D eigenvalue weighted by atomic mass is 16.5. The van der Waals surface area contributed by atoms with E-state index in [4.69, 9.17) is 9.47 Å². The number of nitrogens with zero attached hydrogens (tertiary/aromatic N) is 2. The summed E-state index contributed by atoms with van der Waals surface area (Å²) in [5, 5.41) is 0. The van der Waals surface area contributed by atoms with Gasteiger partial charge in [-0.2, -0.15) is 0 Å². The molecule has 0 aliphatic heterocycles. The molecule has 0 spiro atoms. The SMILES string of the molecule is CCc1ncccc1-c1cccnc1Oc1ccc(CCOC(C)=O)cc1. The number of aryl methyl sites for hydroxylation is 1. The van der Waals surface area contributed by atoms with Gasteiger partial charge in [-0.25, -0.2) is 4.98 Å². The topological polar surface area (TPSA) is 61.3 Å². The van der Waals surface area contributed by atoms with Gasteiger partial charge in [-0.1, -0.05) is 25.1 Å². The van der Waals surface area contributed by atoms with Crippen molar-refractivity contribution in [1.82, 2.24) is 9.97 Å². The molecule has 5 nitrogen and oxygen atoms in total. The standard InChI is InChI=1S/C22H22N2O3/c1-3-21-19(6-4-13-23-21)20-7-5-14-24-22(20)27-18-10-8-17(9-11-18)12-15-26-16(2)25/h4-11,13-14H,3,12,15H2,1-2H3. The summed E-state index contributed by atoms with van der Waals surface area (Å²) < 4.78 is 11.0. The fraction of sp³-hybridized carbons (Fsp3) is 0.227. The summed E-state index contributed by atoms with van der Waals surface area (Å²) in [6.07, 6.45) is 5.02. The molecule has 0 unspecified atom stereocenters. The number of carbonyl (C=O) groups is 1. The minimum atomic E-state index is -0.264. The van der Waals surface area contributed by atoms with Crippen LogP contribution in [0.5, 0.6) is 11.6 Å². The van der Waals surface area contributed by atoms with E-state index in [1.165, 1.54) is 6.92 Å². The monoisotopic (exact) mass is 362 g/mol. The van der Waals surface area contributed by atoms with Crippen LogP contribution in [0, 0.1) is 0 Å². The number of benzene rings is 1. The van der Waals surface area contributed by atoms with Gasteiger partial charge in [0.1, 0.15) is 5.75 Å². The second-order valence-electron chi connectivity index (χ2n) is 6.04. The van der Waals surface area contributed by atoms with Gasteiger partial charge in [-0.05, 0) is 42.3 Å². The van der Waals surface area contributed by atoms with Crippen LogP contribution in [-0.4, -0.2) is 22.5 Å². The molecule has 2 heterocycles. The van der Waals surface area contributed by atoms with Crippen LogP contribution in [0.2, 0.25) is 0 Å². The van der Waals surface area contributed by atoms with Gasteiger partial charge in [-0.3, -0.25) is 9.78 Å². The first-order valence-corrected chi connectivity index (χ1v) is 8.97. The zero-order valence-corrected chi connectivity index (χ0v) is 15.5. The number of hydrogen-bond acceptors (Lipinski definition) is 5. The molecule has 0 radical (unpaired) electrons. The lowest BCUT2D eigenvalue weighted by atomic mass is 10.0. The molecule has 0 aliphatic carbocycles. The first-order valence-electron chi connectivity index (χ1n) is 8.97. The number of pyridine rings is 2. The molecule has 3 rings (SSSR count). The zero-order chi connectivity index (χ0) is 19.1. The van der Waals surface area contributed by atoms with Crippen LogP contribution in [0.3, 0.4) is 0 Å². The Morgan fingerprint density at radius 2 is 1.67 bits per heavy atom. The van der Waals surface area contributed by atoms with Crippen molar-refractivity contribution >= 4 is 5.97 Å². The Morgan fingerprint density at radius 3 is 2.37 bits per heavy atom. The molecule has 0 amide bonds. The van der Waals surface area contributed by atoms with Gasteiger partial charge in [0.15, 0.2) is 0 Å². The van der Waals surface area contributed by atoms with E-state index in [9.17, 15) is 4.79 Å². The van der Waals surface area contributed by atoms with E-state index in [-0.39, 0.29) is 5.97 Å². The van der Waals surface area contributed by atoms with Crippen molar-refractivity contribution in [1.29, 1.82) is 0 Å². The summed E-state index contributed by atoms with van der Waals surface area (Å²) in [5.41, 5.74) is 4.03. The van der Waals surface area contributed by atoms with Gasteiger partial charge in [0, 0.05) is 42.6 Å². The van der Waals surface area contributed by atoms with E-state index in [2.05, 4.69) is 16.9 Å². The molecule has 0 bridgehead atoms. The molecular weight excluding hydrogens is 340 g/mol. The van der Waals surface area contributed by atoms with Crippen LogP contribution in [0.1, 0.15) is 25.1 Å². The van der Waals surface area contributed by atoms with Gasteiger partial charge in [-0.15, -0.1) is 0 Å². The van der Waals surface area contributed by atoms with Gasteiger partial charge < -0.3 is 9.47 Å². The smallest absolute Gasteiger partial charge is 0.302 e. The van der Waals surface area contributed by atoms with Crippen molar-refractivity contribution in [3.05, 3.63) is 72.2 Å². The molecule has 0 saturated heterocycles. The summed E-state index contributed by atoms with van der Waals surface area (Å²) >= 11 is 0. The van der Waals surface area contributed by atoms with Gasteiger partial charge in [0.2, 0.25) is 5.88 Å². The molecule has 27 heavy (non-hydrogen) atoms. The van der Waals surface area contributed by atoms with Crippen LogP contribution in [0.4, 0.5) is 0 Å². The average molecular weight is 362 g/mol. The van der Waals surface area contributed by atoms with E-state index in [0.717, 1.165) is 28.8 Å². The molecule has 0 atom stereocenters. The molecule has 138 valence electrons. The van der Waals surface area contributed by atoms with Crippen molar-refractivity contribution in [3.8, 4) is 22.8 Å². The van der Waals surface area contributed by atoms with Crippen LogP contribution in [0.25, 0.3) is 11.1 Å². The Kier molecular flexibility index (Phi) is 6.15. The Balaban J connectivity index is 1.78. The van der Waals surface area contributed by atoms with Crippen molar-refractivity contribution in [2.24, 2.45) is 0 Å². The van der Waals surface area contributed by atoms with E-state index in [0.29, 0.717) is 24.7 Å². The zero-order valence-electron chi connectivity index (χ0n) is 15.5. The largest absolute Gasteiger partial charge is 0.466 e. The molecule has 3 aromatic rings. The predicted octanol–water partition coefficient (Wildman–Crippen LogP) is 4.60. The number of esters is 1. The van der Waals surface area contributed by atoms with E-state index >= 15 is 0 Å². The molecule has 2 aromatic heterocycles. The van der Waals surface area contributed by atoms with Crippen LogP contribution in [0.15, 0.2) is 60.9 Å². The van der Waals surface area contributed by atoms with Crippen LogP contribution < -0.4 is 4.74 Å². The molecule has 0 aliphatic rings. The second kappa shape index (κ2) is 8.94. The number of rotatable bonds is 7. The Labute approximate surface area is 159 Å². The third kappa shape index (κ3) is 4.91. The van der Waals surface area contributed by atoms with E-state index < -0.39 is 0 Å². The predicted molar refractivity (Wildman–Crippen MR) is 104 cm³/mol. The number of hydrogen-bond donors (Lipinski definition) is 0. The maximum Gasteiger partial charge on any atom is 0.302 e. The Bertz CT molecular complexity index is 907. The van der Waals surface area contributed by atoms with Crippen molar-refractivity contribution < 1.29 is 14.3 Å². The van der Waals surface area contributed by atoms with Crippen molar-refractivity contribution in [2.75, 3.05) is 6.61 Å². The van der Waals surface area contributed by atoms with E-state index in [1.54, 1.807) is 12.4 Å². The Hall–Kier alpha value is -3.21. The summed E-state index contributed by atoms with van der Waals surface area (Å²) in [6, 6.07) is 15.6. The summed E-state index contributed by atoms with van der Waals surface area (Å²) in [4.78, 5) is 19.7. The molecule has 0 fully saturated rings. The van der Waals surface area contributed by atoms with Crippen LogP contribution in [-0.2, 0) is 22.4 Å². The average Bonchev–Trinajstić information content (AvgIpc) is 2.69. The van der Waals surface area contributed by atoms with Crippen molar-refractivity contribution in [2.45, 2.75) is 26.7 Å².